The van der Waals surface area contributed by atoms with Crippen molar-refractivity contribution in [1.29, 1.82) is 0 Å². The van der Waals surface area contributed by atoms with Gasteiger partial charge in [0.2, 0.25) is 5.76 Å². The highest BCUT2D eigenvalue weighted by molar-refractivity contribution is 6.31. The molecule has 7 heteroatoms. The van der Waals surface area contributed by atoms with Crippen LogP contribution in [0.2, 0.25) is 5.02 Å². The minimum atomic E-state index is -0.590. The van der Waals surface area contributed by atoms with E-state index < -0.39 is 6.04 Å². The maximum Gasteiger partial charge on any atom is 0.290 e. The van der Waals surface area contributed by atoms with Crippen molar-refractivity contribution in [3.05, 3.63) is 74.6 Å². The summed E-state index contributed by atoms with van der Waals surface area (Å²) in [6.45, 7) is 1.08. The molecule has 150 valence electrons. The minimum absolute atomic E-state index is 0.0829. The Morgan fingerprint density at radius 1 is 1.17 bits per heavy atom. The maximum atomic E-state index is 13.4. The van der Waals surface area contributed by atoms with Crippen LogP contribution in [0.15, 0.2) is 51.7 Å². The van der Waals surface area contributed by atoms with Gasteiger partial charge < -0.3 is 19.0 Å². The summed E-state index contributed by atoms with van der Waals surface area (Å²) < 4.78 is 11.4. The lowest BCUT2D eigenvalue weighted by molar-refractivity contribution is 0.0715. The van der Waals surface area contributed by atoms with E-state index in [1.165, 1.54) is 0 Å². The first-order chi connectivity index (χ1) is 13.9. The first-order valence-corrected chi connectivity index (χ1v) is 9.65. The third-order valence-electron chi connectivity index (χ3n) is 5.15. The normalized spacial score (nSPS) is 16.0. The Hall–Kier alpha value is -2.83. The van der Waals surface area contributed by atoms with Crippen LogP contribution in [0.3, 0.4) is 0 Å². The summed E-state index contributed by atoms with van der Waals surface area (Å²) in [7, 11) is 5.44. The average molecular weight is 413 g/mol. The van der Waals surface area contributed by atoms with Crippen LogP contribution in [0, 0.1) is 0 Å². The van der Waals surface area contributed by atoms with Crippen molar-refractivity contribution in [2.24, 2.45) is 0 Å². The van der Waals surface area contributed by atoms with Gasteiger partial charge in [0.1, 0.15) is 11.3 Å². The summed E-state index contributed by atoms with van der Waals surface area (Å²) in [5.41, 5.74) is 1.17. The predicted molar refractivity (Wildman–Crippen MR) is 112 cm³/mol. The maximum absolute atomic E-state index is 13.4. The second-order valence-corrected chi connectivity index (χ2v) is 7.70. The van der Waals surface area contributed by atoms with Crippen LogP contribution in [0.5, 0.6) is 5.75 Å². The molecule has 0 fully saturated rings. The van der Waals surface area contributed by atoms with E-state index in [9.17, 15) is 9.59 Å². The van der Waals surface area contributed by atoms with Crippen molar-refractivity contribution in [2.45, 2.75) is 6.04 Å². The lowest BCUT2D eigenvalue weighted by Crippen LogP contribution is -2.35. The number of hydrogen-bond acceptors (Lipinski definition) is 5. The Bertz CT molecular complexity index is 1160. The van der Waals surface area contributed by atoms with E-state index >= 15 is 0 Å². The number of hydrogen-bond donors (Lipinski definition) is 0. The van der Waals surface area contributed by atoms with Gasteiger partial charge in [0.05, 0.1) is 24.1 Å². The highest BCUT2D eigenvalue weighted by Crippen LogP contribution is 2.41. The number of halogens is 1. The summed E-state index contributed by atoms with van der Waals surface area (Å²) in [4.78, 5) is 30.4. The van der Waals surface area contributed by atoms with Gasteiger partial charge in [0.15, 0.2) is 5.43 Å². The standard InChI is InChI=1S/C22H21ClN2O4/c1-24(2)10-11-25-19(14-6-4-5-7-16(14)28-3)18-20(26)15-12-13(23)8-9-17(15)29-21(18)22(25)27/h4-9,12,19H,10-11H2,1-3H3/t19-/m0/s1. The molecular weight excluding hydrogens is 392 g/mol. The second kappa shape index (κ2) is 7.54. The van der Waals surface area contributed by atoms with Crippen LogP contribution in [0.4, 0.5) is 0 Å². The van der Waals surface area contributed by atoms with Crippen LogP contribution in [-0.4, -0.2) is 50.0 Å². The summed E-state index contributed by atoms with van der Waals surface area (Å²) in [5.74, 6) is 0.393. The van der Waals surface area contributed by atoms with Gasteiger partial charge >= 0.3 is 0 Å². The van der Waals surface area contributed by atoms with Crippen molar-refractivity contribution < 1.29 is 13.9 Å². The summed E-state index contributed by atoms with van der Waals surface area (Å²) in [6.07, 6.45) is 0. The fourth-order valence-electron chi connectivity index (χ4n) is 3.75. The predicted octanol–water partition coefficient (Wildman–Crippen LogP) is 3.56. The molecule has 1 amide bonds. The number of amides is 1. The SMILES string of the molecule is COc1ccccc1[C@H]1c2c(oc3ccc(Cl)cc3c2=O)C(=O)N1CCN(C)C. The Morgan fingerprint density at radius 2 is 1.93 bits per heavy atom. The Kier molecular flexibility index (Phi) is 5.06. The van der Waals surface area contributed by atoms with Crippen LogP contribution >= 0.6 is 11.6 Å². The number of carbonyl (C=O) groups is 1. The molecule has 3 aromatic rings. The number of carbonyl (C=O) groups excluding carboxylic acids is 1. The molecule has 0 aliphatic carbocycles. The third kappa shape index (κ3) is 3.28. The number of likely N-dealkylation sites (N-methyl/N-ethyl adjacent to an activating group) is 1. The molecule has 0 saturated heterocycles. The first-order valence-electron chi connectivity index (χ1n) is 9.27. The lowest BCUT2D eigenvalue weighted by atomic mass is 9.97. The molecule has 0 saturated carbocycles. The van der Waals surface area contributed by atoms with Crippen LogP contribution in [-0.2, 0) is 0 Å². The number of rotatable bonds is 5. The molecule has 6 nitrogen and oxygen atoms in total. The molecule has 1 aliphatic rings. The number of nitrogens with zero attached hydrogens (tertiary/aromatic N) is 2. The van der Waals surface area contributed by atoms with Crippen molar-refractivity contribution in [3.63, 3.8) is 0 Å². The number of methoxy groups -OCH3 is 1. The third-order valence-corrected chi connectivity index (χ3v) is 5.38. The molecule has 2 heterocycles. The topological polar surface area (TPSA) is 63.0 Å². The van der Waals surface area contributed by atoms with Gasteiger partial charge in [-0.25, -0.2) is 0 Å². The molecule has 29 heavy (non-hydrogen) atoms. The van der Waals surface area contributed by atoms with Gasteiger partial charge in [-0.05, 0) is 38.4 Å². The highest BCUT2D eigenvalue weighted by atomic mass is 35.5. The molecule has 2 aromatic carbocycles. The molecule has 0 N–H and O–H groups in total. The molecule has 0 radical (unpaired) electrons. The van der Waals surface area contributed by atoms with Gasteiger partial charge in [-0.3, -0.25) is 9.59 Å². The molecule has 0 unspecified atom stereocenters. The van der Waals surface area contributed by atoms with E-state index in [1.54, 1.807) is 30.2 Å². The molecule has 0 spiro atoms. The molecule has 1 aliphatic heterocycles. The van der Waals surface area contributed by atoms with Crippen molar-refractivity contribution in [2.75, 3.05) is 34.3 Å². The zero-order valence-electron chi connectivity index (χ0n) is 16.4. The summed E-state index contributed by atoms with van der Waals surface area (Å²) in [5, 5.41) is 0.797. The summed E-state index contributed by atoms with van der Waals surface area (Å²) >= 11 is 6.10. The summed E-state index contributed by atoms with van der Waals surface area (Å²) in [6, 6.07) is 11.7. The molecule has 1 aromatic heterocycles. The Labute approximate surface area is 173 Å². The van der Waals surface area contributed by atoms with Gasteiger partial charge in [-0.1, -0.05) is 29.8 Å². The number of benzene rings is 2. The zero-order chi connectivity index (χ0) is 20.7. The number of fused-ring (bicyclic) bond motifs is 2. The fourth-order valence-corrected chi connectivity index (χ4v) is 3.92. The van der Waals surface area contributed by atoms with Crippen LogP contribution < -0.4 is 10.2 Å². The van der Waals surface area contributed by atoms with Gasteiger partial charge in [-0.2, -0.15) is 0 Å². The molecule has 4 rings (SSSR count). The van der Waals surface area contributed by atoms with E-state index in [4.69, 9.17) is 20.8 Å². The highest BCUT2D eigenvalue weighted by Gasteiger charge is 2.43. The smallest absolute Gasteiger partial charge is 0.290 e. The van der Waals surface area contributed by atoms with E-state index in [0.29, 0.717) is 40.4 Å². The minimum Gasteiger partial charge on any atom is -0.496 e. The fraction of sp³-hybridized carbons (Fsp3) is 0.273. The van der Waals surface area contributed by atoms with E-state index in [2.05, 4.69) is 0 Å². The van der Waals surface area contributed by atoms with Crippen LogP contribution in [0.1, 0.15) is 27.7 Å². The van der Waals surface area contributed by atoms with E-state index in [0.717, 1.165) is 5.56 Å². The molecule has 1 atom stereocenters. The Balaban J connectivity index is 1.98. The average Bonchev–Trinajstić information content (AvgIpc) is 2.99. The van der Waals surface area contributed by atoms with Crippen molar-refractivity contribution in [1.82, 2.24) is 9.80 Å². The van der Waals surface area contributed by atoms with Gasteiger partial charge in [-0.15, -0.1) is 0 Å². The second-order valence-electron chi connectivity index (χ2n) is 7.26. The lowest BCUT2D eigenvalue weighted by Gasteiger charge is -2.27. The van der Waals surface area contributed by atoms with E-state index in [-0.39, 0.29) is 17.1 Å². The molecular formula is C22H21ClN2O4. The monoisotopic (exact) mass is 412 g/mol. The largest absolute Gasteiger partial charge is 0.496 e. The zero-order valence-corrected chi connectivity index (χ0v) is 17.2. The van der Waals surface area contributed by atoms with Gasteiger partial charge in [0, 0.05) is 23.7 Å². The van der Waals surface area contributed by atoms with Crippen molar-refractivity contribution in [3.8, 4) is 5.75 Å². The van der Waals surface area contributed by atoms with Crippen molar-refractivity contribution >= 4 is 28.5 Å². The molecule has 0 bridgehead atoms. The van der Waals surface area contributed by atoms with E-state index in [1.807, 2.05) is 43.3 Å². The Morgan fingerprint density at radius 3 is 2.66 bits per heavy atom. The number of ether oxygens (including phenoxy) is 1. The first kappa shape index (κ1) is 19.5. The van der Waals surface area contributed by atoms with Gasteiger partial charge in [0.25, 0.3) is 5.91 Å². The quantitative estimate of drug-likeness (QED) is 0.641. The number of para-hydroxylation sites is 1. The van der Waals surface area contributed by atoms with Crippen LogP contribution in [0.25, 0.3) is 11.0 Å².